The first-order valence-corrected chi connectivity index (χ1v) is 10.1. The summed E-state index contributed by atoms with van der Waals surface area (Å²) in [6, 6.07) is 13.8. The van der Waals surface area contributed by atoms with Crippen molar-refractivity contribution in [1.29, 1.82) is 0 Å². The number of amides is 2. The third kappa shape index (κ3) is 3.87. The number of rotatable bonds is 4. The average Bonchev–Trinajstić information content (AvgIpc) is 2.92. The molecule has 2 aromatic carbocycles. The van der Waals surface area contributed by atoms with Gasteiger partial charge in [0.25, 0.3) is 5.91 Å². The lowest BCUT2D eigenvalue weighted by molar-refractivity contribution is -0.144. The van der Waals surface area contributed by atoms with Crippen LogP contribution in [0.4, 0.5) is 10.5 Å². The highest BCUT2D eigenvalue weighted by molar-refractivity contribution is 6.05. The number of nitrogens with one attached hydrogen (secondary N) is 1. The molecule has 4 rings (SSSR count). The monoisotopic (exact) mass is 408 g/mol. The minimum absolute atomic E-state index is 0.118. The van der Waals surface area contributed by atoms with Crippen LogP contribution in [0, 0.1) is 0 Å². The van der Waals surface area contributed by atoms with Gasteiger partial charge in [0.15, 0.2) is 0 Å². The smallest absolute Gasteiger partial charge is 0.408 e. The molecule has 1 N–H and O–H groups in total. The van der Waals surface area contributed by atoms with E-state index in [0.717, 1.165) is 22.4 Å². The van der Waals surface area contributed by atoms with Gasteiger partial charge in [-0.1, -0.05) is 48.5 Å². The van der Waals surface area contributed by atoms with Gasteiger partial charge in [-0.2, -0.15) is 0 Å². The van der Waals surface area contributed by atoms with E-state index in [9.17, 15) is 14.4 Å². The molecule has 0 fully saturated rings. The van der Waals surface area contributed by atoms with Gasteiger partial charge >= 0.3 is 12.1 Å². The van der Waals surface area contributed by atoms with Crippen molar-refractivity contribution in [2.24, 2.45) is 0 Å². The van der Waals surface area contributed by atoms with Crippen molar-refractivity contribution in [3.05, 3.63) is 65.2 Å². The Kier molecular flexibility index (Phi) is 5.70. The number of hydrogen-bond donors (Lipinski definition) is 1. The van der Waals surface area contributed by atoms with Crippen LogP contribution >= 0.6 is 0 Å². The zero-order valence-corrected chi connectivity index (χ0v) is 16.8. The normalized spacial score (nSPS) is 20.0. The second-order valence-corrected chi connectivity index (χ2v) is 7.51. The molecule has 0 saturated heterocycles. The number of carbonyl (C=O) groups excluding carboxylic acids is 3. The minimum Gasteiger partial charge on any atom is -0.467 e. The highest BCUT2D eigenvalue weighted by Gasteiger charge is 2.42. The van der Waals surface area contributed by atoms with Gasteiger partial charge in [-0.25, -0.2) is 9.59 Å². The fraction of sp³-hybridized carbons (Fsp3) is 0.348. The van der Waals surface area contributed by atoms with E-state index in [2.05, 4.69) is 5.32 Å². The number of aryl methyl sites for hydroxylation is 2. The number of methoxy groups -OCH3 is 1. The maximum absolute atomic E-state index is 13.4. The molecule has 0 spiro atoms. The minimum atomic E-state index is -0.779. The second-order valence-electron chi connectivity index (χ2n) is 7.51. The fourth-order valence-corrected chi connectivity index (χ4v) is 4.19. The number of esters is 1. The molecule has 7 heteroatoms. The largest absolute Gasteiger partial charge is 0.467 e. The predicted molar refractivity (Wildman–Crippen MR) is 110 cm³/mol. The molecule has 0 aliphatic carbocycles. The third-order valence-corrected chi connectivity index (χ3v) is 5.66. The summed E-state index contributed by atoms with van der Waals surface area (Å²) in [6.07, 6.45) is 1.57. The van der Waals surface area contributed by atoms with Crippen LogP contribution < -0.4 is 10.2 Å². The molecule has 2 aliphatic rings. The lowest BCUT2D eigenvalue weighted by Crippen LogP contribution is -2.55. The van der Waals surface area contributed by atoms with E-state index in [1.54, 1.807) is 0 Å². The van der Waals surface area contributed by atoms with Crippen LogP contribution in [0.2, 0.25) is 0 Å². The number of anilines is 1. The summed E-state index contributed by atoms with van der Waals surface area (Å²) < 4.78 is 10.2. The molecule has 0 aromatic heterocycles. The van der Waals surface area contributed by atoms with Crippen molar-refractivity contribution in [3.8, 4) is 0 Å². The van der Waals surface area contributed by atoms with Gasteiger partial charge in [0.1, 0.15) is 18.7 Å². The van der Waals surface area contributed by atoms with Crippen LogP contribution in [0.1, 0.15) is 29.5 Å². The Balaban J connectivity index is 1.54. The van der Waals surface area contributed by atoms with Gasteiger partial charge < -0.3 is 14.8 Å². The fourth-order valence-electron chi connectivity index (χ4n) is 4.19. The molecule has 2 amide bonds. The average molecular weight is 408 g/mol. The molecule has 2 aromatic rings. The quantitative estimate of drug-likeness (QED) is 0.787. The van der Waals surface area contributed by atoms with Crippen molar-refractivity contribution < 1.29 is 23.9 Å². The van der Waals surface area contributed by atoms with Crippen LogP contribution in [0.25, 0.3) is 0 Å². The third-order valence-electron chi connectivity index (χ3n) is 5.66. The summed E-state index contributed by atoms with van der Waals surface area (Å²) in [5, 5.41) is 2.69. The molecule has 0 radical (unpaired) electrons. The Hall–Kier alpha value is -3.35. The number of carbonyl (C=O) groups is 3. The van der Waals surface area contributed by atoms with Gasteiger partial charge in [0, 0.05) is 0 Å². The molecule has 2 aliphatic heterocycles. The van der Waals surface area contributed by atoms with Gasteiger partial charge in [0.2, 0.25) is 0 Å². The molecular weight excluding hydrogens is 384 g/mol. The lowest BCUT2D eigenvalue weighted by atomic mass is 9.92. The zero-order valence-electron chi connectivity index (χ0n) is 16.8. The summed E-state index contributed by atoms with van der Waals surface area (Å²) in [7, 11) is 1.32. The predicted octanol–water partition coefficient (Wildman–Crippen LogP) is 2.75. The van der Waals surface area contributed by atoms with E-state index >= 15 is 0 Å². The molecule has 2 atom stereocenters. The number of para-hydroxylation sites is 1. The molecule has 0 bridgehead atoms. The second kappa shape index (κ2) is 8.57. The Bertz CT molecular complexity index is 959. The first-order valence-electron chi connectivity index (χ1n) is 10.1. The van der Waals surface area contributed by atoms with Crippen LogP contribution in [0.15, 0.2) is 48.5 Å². The van der Waals surface area contributed by atoms with E-state index in [1.165, 1.54) is 12.0 Å². The van der Waals surface area contributed by atoms with E-state index in [4.69, 9.17) is 9.47 Å². The number of hydrogen-bond acceptors (Lipinski definition) is 5. The Morgan fingerprint density at radius 3 is 2.43 bits per heavy atom. The zero-order chi connectivity index (χ0) is 21.1. The first kappa shape index (κ1) is 19.9. The van der Waals surface area contributed by atoms with Crippen molar-refractivity contribution >= 4 is 23.7 Å². The molecular formula is C23H24N2O5. The van der Waals surface area contributed by atoms with E-state index in [-0.39, 0.29) is 12.5 Å². The maximum Gasteiger partial charge on any atom is 0.408 e. The standard InChI is InChI=1S/C23H24N2O5/c1-29-22(27)19-13-11-17-9-5-8-16-10-12-18(21(26)25(19)20(16)17)24-23(28)30-14-15-6-3-2-4-7-15/h2-9,18-19H,10-14H2,1H3,(H,24,28)/t18-,19?/m0/s1. The van der Waals surface area contributed by atoms with Crippen LogP contribution in [0.5, 0.6) is 0 Å². The Morgan fingerprint density at radius 1 is 1.03 bits per heavy atom. The Morgan fingerprint density at radius 2 is 1.73 bits per heavy atom. The van der Waals surface area contributed by atoms with Crippen molar-refractivity contribution in [2.75, 3.05) is 12.0 Å². The maximum atomic E-state index is 13.4. The van der Waals surface area contributed by atoms with Crippen LogP contribution in [0.3, 0.4) is 0 Å². The number of alkyl carbamates (subject to hydrolysis) is 1. The SMILES string of the molecule is COC(=O)C1CCc2cccc3c2N1C(=O)[C@@H](NC(=O)OCc1ccccc1)CC3. The number of nitrogens with zero attached hydrogens (tertiary/aromatic N) is 1. The van der Waals surface area contributed by atoms with Crippen LogP contribution in [-0.4, -0.2) is 37.2 Å². The summed E-state index contributed by atoms with van der Waals surface area (Å²) in [5.74, 6) is -0.760. The highest BCUT2D eigenvalue weighted by atomic mass is 16.5. The van der Waals surface area contributed by atoms with E-state index in [1.807, 2.05) is 48.5 Å². The topological polar surface area (TPSA) is 84.9 Å². The highest BCUT2D eigenvalue weighted by Crippen LogP contribution is 2.37. The molecule has 1 unspecified atom stereocenters. The lowest BCUT2D eigenvalue weighted by Gasteiger charge is -2.37. The summed E-state index contributed by atoms with van der Waals surface area (Å²) in [4.78, 5) is 39.7. The van der Waals surface area contributed by atoms with E-state index in [0.29, 0.717) is 25.7 Å². The van der Waals surface area contributed by atoms with Gasteiger partial charge in [-0.15, -0.1) is 0 Å². The molecule has 30 heavy (non-hydrogen) atoms. The number of benzene rings is 2. The molecule has 0 saturated carbocycles. The van der Waals surface area contributed by atoms with Gasteiger partial charge in [-0.05, 0) is 42.4 Å². The van der Waals surface area contributed by atoms with Crippen molar-refractivity contribution in [3.63, 3.8) is 0 Å². The van der Waals surface area contributed by atoms with Gasteiger partial charge in [0.05, 0.1) is 12.8 Å². The molecule has 2 heterocycles. The molecule has 156 valence electrons. The first-order chi connectivity index (χ1) is 14.6. The summed E-state index contributed by atoms with van der Waals surface area (Å²) in [6.45, 7) is 0.118. The summed E-state index contributed by atoms with van der Waals surface area (Å²) in [5.41, 5.74) is 3.68. The van der Waals surface area contributed by atoms with Crippen molar-refractivity contribution in [1.82, 2.24) is 5.32 Å². The van der Waals surface area contributed by atoms with E-state index < -0.39 is 24.1 Å². The van der Waals surface area contributed by atoms with Crippen molar-refractivity contribution in [2.45, 2.75) is 44.4 Å². The van der Waals surface area contributed by atoms with Crippen LogP contribution in [-0.2, 0) is 38.5 Å². The number of ether oxygens (including phenoxy) is 2. The summed E-state index contributed by atoms with van der Waals surface area (Å²) >= 11 is 0. The van der Waals surface area contributed by atoms with Gasteiger partial charge in [-0.3, -0.25) is 9.69 Å². The Labute approximate surface area is 175 Å². The molecule has 7 nitrogen and oxygen atoms in total.